The first kappa shape index (κ1) is 21.5. The van der Waals surface area contributed by atoms with Gasteiger partial charge in [0.25, 0.3) is 5.91 Å². The smallest absolute Gasteiger partial charge is 0.272 e. The molecule has 5 rings (SSSR count). The molecule has 0 radical (unpaired) electrons. The maximum absolute atomic E-state index is 13.5. The maximum Gasteiger partial charge on any atom is 0.272 e. The lowest BCUT2D eigenvalue weighted by atomic mass is 9.77. The lowest BCUT2D eigenvalue weighted by Gasteiger charge is -2.37. The molecular formula is C24H24ClN5O3. The van der Waals surface area contributed by atoms with E-state index in [1.165, 1.54) is 6.20 Å². The second kappa shape index (κ2) is 8.51. The van der Waals surface area contributed by atoms with Crippen LogP contribution in [0.5, 0.6) is 5.75 Å². The fourth-order valence-corrected chi connectivity index (χ4v) is 4.93. The first-order valence-electron chi connectivity index (χ1n) is 10.9. The van der Waals surface area contributed by atoms with Crippen LogP contribution in [0.1, 0.15) is 29.8 Å². The zero-order chi connectivity index (χ0) is 23.0. The molecule has 0 aliphatic carbocycles. The van der Waals surface area contributed by atoms with Crippen LogP contribution in [0.25, 0.3) is 11.1 Å². The molecule has 170 valence electrons. The number of ether oxygens (including phenoxy) is 1. The summed E-state index contributed by atoms with van der Waals surface area (Å²) in [5.41, 5.74) is 2.61. The number of methoxy groups -OCH3 is 1. The average molecular weight is 466 g/mol. The van der Waals surface area contributed by atoms with Gasteiger partial charge >= 0.3 is 0 Å². The summed E-state index contributed by atoms with van der Waals surface area (Å²) in [6, 6.07) is 9.12. The van der Waals surface area contributed by atoms with Gasteiger partial charge < -0.3 is 14.5 Å². The third-order valence-corrected chi connectivity index (χ3v) is 7.00. The molecule has 3 aromatic rings. The van der Waals surface area contributed by atoms with E-state index in [-0.39, 0.29) is 11.8 Å². The van der Waals surface area contributed by atoms with E-state index in [2.05, 4.69) is 15.2 Å². The van der Waals surface area contributed by atoms with Crippen LogP contribution in [0.2, 0.25) is 5.02 Å². The Labute approximate surface area is 196 Å². The number of aromatic amines is 1. The molecule has 8 nitrogen and oxygen atoms in total. The number of nitrogens with one attached hydrogen (secondary N) is 1. The van der Waals surface area contributed by atoms with Crippen molar-refractivity contribution in [2.75, 3.05) is 31.6 Å². The molecule has 0 atom stereocenters. The first-order chi connectivity index (χ1) is 16.0. The van der Waals surface area contributed by atoms with Crippen LogP contribution in [0, 0.1) is 5.41 Å². The standard InChI is InChI=1S/C24H24ClN5O3/c1-33-21-12-18(3-4-19(21)16-13-27-28-14-16)30-11-8-24(23(30)32)6-9-29(10-7-24)22(31)20-5-2-17(25)15-26-20/h2-5,12-15H,6-11H2,1H3,(H,27,28). The number of aromatic nitrogens is 3. The minimum absolute atomic E-state index is 0.122. The van der Waals surface area contributed by atoms with Crippen molar-refractivity contribution in [2.45, 2.75) is 19.3 Å². The lowest BCUT2D eigenvalue weighted by molar-refractivity contribution is -0.127. The van der Waals surface area contributed by atoms with Gasteiger partial charge in [-0.25, -0.2) is 4.98 Å². The number of H-pyrrole nitrogens is 1. The van der Waals surface area contributed by atoms with Crippen LogP contribution in [-0.4, -0.2) is 58.6 Å². The van der Waals surface area contributed by atoms with Gasteiger partial charge in [-0.2, -0.15) is 5.10 Å². The van der Waals surface area contributed by atoms with Gasteiger partial charge in [-0.15, -0.1) is 0 Å². The Hall–Kier alpha value is -3.39. The highest BCUT2D eigenvalue weighted by molar-refractivity contribution is 6.30. The van der Waals surface area contributed by atoms with Crippen molar-refractivity contribution in [3.8, 4) is 16.9 Å². The first-order valence-corrected chi connectivity index (χ1v) is 11.3. The number of carbonyl (C=O) groups is 2. The molecule has 4 heterocycles. The number of hydrogen-bond donors (Lipinski definition) is 1. The quantitative estimate of drug-likeness (QED) is 0.633. The number of piperidine rings is 1. The van der Waals surface area contributed by atoms with Crippen LogP contribution in [0.4, 0.5) is 5.69 Å². The number of anilines is 1. The van der Waals surface area contributed by atoms with Crippen LogP contribution in [0.3, 0.4) is 0 Å². The van der Waals surface area contributed by atoms with E-state index >= 15 is 0 Å². The van der Waals surface area contributed by atoms with Crippen molar-refractivity contribution in [2.24, 2.45) is 5.41 Å². The van der Waals surface area contributed by atoms with Crippen molar-refractivity contribution in [1.82, 2.24) is 20.1 Å². The summed E-state index contributed by atoms with van der Waals surface area (Å²) in [6.45, 7) is 1.72. The molecule has 0 saturated carbocycles. The zero-order valence-electron chi connectivity index (χ0n) is 18.3. The number of rotatable bonds is 4. The summed E-state index contributed by atoms with van der Waals surface area (Å²) < 4.78 is 5.59. The Morgan fingerprint density at radius 3 is 2.58 bits per heavy atom. The van der Waals surface area contributed by atoms with Crippen molar-refractivity contribution in [3.63, 3.8) is 0 Å². The Kier molecular flexibility index (Phi) is 5.54. The van der Waals surface area contributed by atoms with Crippen molar-refractivity contribution in [3.05, 3.63) is 59.6 Å². The number of likely N-dealkylation sites (tertiary alicyclic amines) is 1. The molecule has 2 aliphatic heterocycles. The largest absolute Gasteiger partial charge is 0.496 e. The molecule has 2 aromatic heterocycles. The molecule has 2 fully saturated rings. The van der Waals surface area contributed by atoms with E-state index in [1.807, 2.05) is 29.3 Å². The summed E-state index contributed by atoms with van der Waals surface area (Å²) in [4.78, 5) is 34.1. The number of halogens is 1. The van der Waals surface area contributed by atoms with E-state index in [4.69, 9.17) is 16.3 Å². The normalized spacial score (nSPS) is 17.6. The minimum Gasteiger partial charge on any atom is -0.496 e. The summed E-state index contributed by atoms with van der Waals surface area (Å²) in [6.07, 6.45) is 7.09. The SMILES string of the molecule is COc1cc(N2CCC3(CCN(C(=O)c4ccc(Cl)cn4)CC3)C2=O)ccc1-c1cn[nH]c1. The Bertz CT molecular complexity index is 1170. The van der Waals surface area contributed by atoms with E-state index in [1.54, 1.807) is 30.3 Å². The van der Waals surface area contributed by atoms with Crippen molar-refractivity contribution >= 4 is 29.1 Å². The van der Waals surface area contributed by atoms with Gasteiger partial charge in [-0.3, -0.25) is 14.7 Å². The third-order valence-electron chi connectivity index (χ3n) is 6.77. The van der Waals surface area contributed by atoms with Crippen LogP contribution >= 0.6 is 11.6 Å². The highest BCUT2D eigenvalue weighted by atomic mass is 35.5. The molecular weight excluding hydrogens is 442 g/mol. The van der Waals surface area contributed by atoms with E-state index in [0.717, 1.165) is 23.2 Å². The van der Waals surface area contributed by atoms with Gasteiger partial charge in [0.05, 0.1) is 23.7 Å². The Morgan fingerprint density at radius 2 is 1.91 bits per heavy atom. The lowest BCUT2D eigenvalue weighted by Crippen LogP contribution is -2.46. The fraction of sp³-hybridized carbons (Fsp3) is 0.333. The Balaban J connectivity index is 1.30. The second-order valence-electron chi connectivity index (χ2n) is 8.51. The predicted octanol–water partition coefficient (Wildman–Crippen LogP) is 3.79. The summed E-state index contributed by atoms with van der Waals surface area (Å²) >= 11 is 5.88. The number of amides is 2. The van der Waals surface area contributed by atoms with Gasteiger partial charge in [0.15, 0.2) is 0 Å². The van der Waals surface area contributed by atoms with Crippen LogP contribution < -0.4 is 9.64 Å². The molecule has 1 aromatic carbocycles. The minimum atomic E-state index is -0.430. The highest BCUT2D eigenvalue weighted by Gasteiger charge is 2.49. The molecule has 0 unspecified atom stereocenters. The summed E-state index contributed by atoms with van der Waals surface area (Å²) in [5.74, 6) is 0.694. The Morgan fingerprint density at radius 1 is 1.12 bits per heavy atom. The van der Waals surface area contributed by atoms with Gasteiger partial charge in [-0.1, -0.05) is 11.6 Å². The average Bonchev–Trinajstić information content (AvgIpc) is 3.49. The van der Waals surface area contributed by atoms with Crippen molar-refractivity contribution in [1.29, 1.82) is 0 Å². The molecule has 2 aliphatic rings. The molecule has 1 spiro atoms. The number of hydrogen-bond acceptors (Lipinski definition) is 5. The highest BCUT2D eigenvalue weighted by Crippen LogP contribution is 2.44. The third kappa shape index (κ3) is 3.84. The van der Waals surface area contributed by atoms with Gasteiger partial charge in [-0.05, 0) is 43.5 Å². The molecule has 2 saturated heterocycles. The summed E-state index contributed by atoms with van der Waals surface area (Å²) in [7, 11) is 1.62. The van der Waals surface area contributed by atoms with Gasteiger partial charge in [0, 0.05) is 54.9 Å². The van der Waals surface area contributed by atoms with E-state index in [0.29, 0.717) is 48.9 Å². The van der Waals surface area contributed by atoms with Crippen molar-refractivity contribution < 1.29 is 14.3 Å². The topological polar surface area (TPSA) is 91.4 Å². The molecule has 0 bridgehead atoms. The molecule has 2 amide bonds. The second-order valence-corrected chi connectivity index (χ2v) is 8.95. The van der Waals surface area contributed by atoms with Crippen LogP contribution in [-0.2, 0) is 4.79 Å². The zero-order valence-corrected chi connectivity index (χ0v) is 19.0. The van der Waals surface area contributed by atoms with Gasteiger partial charge in [0.2, 0.25) is 5.91 Å². The molecule has 1 N–H and O–H groups in total. The molecule has 33 heavy (non-hydrogen) atoms. The number of carbonyl (C=O) groups excluding carboxylic acids is 2. The maximum atomic E-state index is 13.5. The summed E-state index contributed by atoms with van der Waals surface area (Å²) in [5, 5.41) is 7.31. The van der Waals surface area contributed by atoms with E-state index in [9.17, 15) is 9.59 Å². The fourth-order valence-electron chi connectivity index (χ4n) is 4.82. The van der Waals surface area contributed by atoms with Gasteiger partial charge in [0.1, 0.15) is 11.4 Å². The number of pyridine rings is 1. The number of benzene rings is 1. The monoisotopic (exact) mass is 465 g/mol. The predicted molar refractivity (Wildman–Crippen MR) is 124 cm³/mol. The number of nitrogens with zero attached hydrogens (tertiary/aromatic N) is 4. The van der Waals surface area contributed by atoms with E-state index < -0.39 is 5.41 Å². The molecule has 9 heteroatoms. The van der Waals surface area contributed by atoms with Crippen LogP contribution in [0.15, 0.2) is 48.9 Å².